The van der Waals surface area contributed by atoms with Crippen molar-refractivity contribution in [2.45, 2.75) is 152 Å². The minimum absolute atomic E-state index is 0.277. The molecule has 0 atom stereocenters. The van der Waals surface area contributed by atoms with Crippen molar-refractivity contribution in [3.63, 3.8) is 0 Å². The Kier molecular flexibility index (Phi) is 4.85. The van der Waals surface area contributed by atoms with Gasteiger partial charge in [0.1, 0.15) is 5.75 Å². The average molecular weight is 539 g/mol. The van der Waals surface area contributed by atoms with Crippen molar-refractivity contribution < 1.29 is 5.11 Å². The summed E-state index contributed by atoms with van der Waals surface area (Å²) in [7, 11) is 0. The number of aromatic hydroxyl groups is 1. The van der Waals surface area contributed by atoms with Crippen molar-refractivity contribution in [2.75, 3.05) is 0 Å². The molecule has 12 aliphatic rings. The molecule has 40 heavy (non-hydrogen) atoms. The predicted molar refractivity (Wildman–Crippen MR) is 162 cm³/mol. The van der Waals surface area contributed by atoms with E-state index >= 15 is 0 Å². The van der Waals surface area contributed by atoms with Gasteiger partial charge in [-0.1, -0.05) is 19.9 Å². The fraction of sp³-hybridized carbons (Fsp3) is 0.846. The first-order chi connectivity index (χ1) is 19.3. The molecule has 12 bridgehead atoms. The van der Waals surface area contributed by atoms with Crippen molar-refractivity contribution >= 4 is 0 Å². The summed E-state index contributed by atoms with van der Waals surface area (Å²) < 4.78 is 0. The third kappa shape index (κ3) is 3.23. The highest BCUT2D eigenvalue weighted by Gasteiger charge is 2.61. The monoisotopic (exact) mass is 538 g/mol. The molecule has 0 aliphatic heterocycles. The van der Waals surface area contributed by atoms with Gasteiger partial charge in [0.05, 0.1) is 0 Å². The Labute approximate surface area is 243 Å². The molecule has 0 heterocycles. The molecule has 12 aliphatic carbocycles. The van der Waals surface area contributed by atoms with Crippen LogP contribution in [0.1, 0.15) is 158 Å². The number of benzene rings is 1. The number of hydrogen-bond donors (Lipinski definition) is 1. The van der Waals surface area contributed by atoms with Crippen molar-refractivity contribution in [1.29, 1.82) is 0 Å². The molecule has 12 saturated carbocycles. The Hall–Kier alpha value is -0.980. The zero-order valence-electron chi connectivity index (χ0n) is 25.5. The summed E-state index contributed by atoms with van der Waals surface area (Å²) in [6, 6.07) is 2.71. The molecular weight excluding hydrogens is 484 g/mol. The second-order valence-corrected chi connectivity index (χ2v) is 18.9. The maximum Gasteiger partial charge on any atom is 0.123 e. The third-order valence-corrected chi connectivity index (χ3v) is 15.7. The van der Waals surface area contributed by atoms with Crippen molar-refractivity contribution in [3.8, 4) is 5.75 Å². The molecule has 0 amide bonds. The van der Waals surface area contributed by atoms with Crippen LogP contribution in [0.3, 0.4) is 0 Å². The summed E-state index contributed by atoms with van der Waals surface area (Å²) in [4.78, 5) is 0. The van der Waals surface area contributed by atoms with Gasteiger partial charge in [-0.15, -0.1) is 0 Å². The zero-order valence-corrected chi connectivity index (χ0v) is 25.5. The Morgan fingerprint density at radius 3 is 1.12 bits per heavy atom. The Morgan fingerprint density at radius 1 is 0.500 bits per heavy atom. The lowest BCUT2D eigenvalue weighted by Crippen LogP contribution is -2.55. The number of rotatable bonds is 4. The van der Waals surface area contributed by atoms with Crippen LogP contribution in [0.2, 0.25) is 0 Å². The van der Waals surface area contributed by atoms with Crippen LogP contribution in [0.15, 0.2) is 6.07 Å². The lowest BCUT2D eigenvalue weighted by Gasteiger charge is -2.63. The second-order valence-electron chi connectivity index (χ2n) is 18.9. The number of phenolic OH excluding ortho intramolecular Hbond substituents is 1. The van der Waals surface area contributed by atoms with Gasteiger partial charge in [-0.05, 0) is 202 Å². The first-order valence-electron chi connectivity index (χ1n) is 18.2. The van der Waals surface area contributed by atoms with E-state index in [2.05, 4.69) is 19.9 Å². The lowest BCUT2D eigenvalue weighted by molar-refractivity contribution is -0.0250. The molecule has 1 aromatic carbocycles. The minimum Gasteiger partial charge on any atom is -0.507 e. The largest absolute Gasteiger partial charge is 0.507 e. The topological polar surface area (TPSA) is 20.2 Å². The van der Waals surface area contributed by atoms with E-state index in [9.17, 15) is 5.11 Å². The normalized spacial score (nSPS) is 52.8. The Bertz CT molecular complexity index is 1140. The van der Waals surface area contributed by atoms with Gasteiger partial charge in [-0.3, -0.25) is 0 Å². The maximum absolute atomic E-state index is 12.7. The summed E-state index contributed by atoms with van der Waals surface area (Å²) in [5.41, 5.74) is 7.74. The summed E-state index contributed by atoms with van der Waals surface area (Å²) >= 11 is 0. The third-order valence-electron chi connectivity index (χ3n) is 15.7. The quantitative estimate of drug-likeness (QED) is 0.404. The fourth-order valence-electron chi connectivity index (χ4n) is 15.9. The lowest BCUT2D eigenvalue weighted by atomic mass is 9.41. The molecule has 1 nitrogen and oxygen atoms in total. The molecule has 0 radical (unpaired) electrons. The molecular formula is C39H54O. The molecule has 1 aromatic rings. The number of hydrogen-bond acceptors (Lipinski definition) is 1. The molecule has 12 fully saturated rings. The molecule has 1 N–H and O–H groups in total. The van der Waals surface area contributed by atoms with E-state index in [0.717, 1.165) is 59.0 Å². The van der Waals surface area contributed by atoms with Crippen LogP contribution in [0.5, 0.6) is 5.75 Å². The van der Waals surface area contributed by atoms with E-state index in [1.807, 2.05) is 11.1 Å². The van der Waals surface area contributed by atoms with E-state index in [1.165, 1.54) is 121 Å². The van der Waals surface area contributed by atoms with Crippen molar-refractivity contribution in [2.24, 2.45) is 53.3 Å². The van der Waals surface area contributed by atoms with Gasteiger partial charge < -0.3 is 5.11 Å². The maximum atomic E-state index is 12.7. The first-order valence-corrected chi connectivity index (χ1v) is 18.2. The molecule has 0 saturated heterocycles. The predicted octanol–water partition coefficient (Wildman–Crippen LogP) is 9.92. The van der Waals surface area contributed by atoms with Crippen molar-refractivity contribution in [1.82, 2.24) is 0 Å². The van der Waals surface area contributed by atoms with Gasteiger partial charge in [0, 0.05) is 11.0 Å². The van der Waals surface area contributed by atoms with Gasteiger partial charge in [0.2, 0.25) is 0 Å². The van der Waals surface area contributed by atoms with Gasteiger partial charge in [0.25, 0.3) is 0 Å². The van der Waals surface area contributed by atoms with E-state index in [-0.39, 0.29) is 5.41 Å². The highest BCUT2D eigenvalue weighted by Crippen LogP contribution is 2.70. The summed E-state index contributed by atoms with van der Waals surface area (Å²) in [5, 5.41) is 12.7. The number of phenols is 1. The van der Waals surface area contributed by atoms with Gasteiger partial charge in [-0.2, -0.15) is 0 Å². The molecule has 216 valence electrons. The first kappa shape index (κ1) is 24.5. The van der Waals surface area contributed by atoms with Crippen molar-refractivity contribution in [3.05, 3.63) is 28.3 Å². The Morgan fingerprint density at radius 2 is 0.800 bits per heavy atom. The van der Waals surface area contributed by atoms with Crippen LogP contribution in [0.25, 0.3) is 0 Å². The second kappa shape index (κ2) is 7.94. The molecule has 1 heteroatoms. The smallest absolute Gasteiger partial charge is 0.123 e. The van der Waals surface area contributed by atoms with Crippen LogP contribution in [-0.4, -0.2) is 5.11 Å². The standard InChI is InChI=1S/C39H54O/c1-22(2)32-12-33(37-13-23-3-24(14-37)5-25(4-23)15-37)34(38-16-26-6-27(17-38)8-28(7-26)18-38)35(36(32)40)39-19-29-9-30(20-39)11-31(10-29)21-39/h12,22-31,40H,3-11,13-21H2,1-2H3. The van der Waals surface area contributed by atoms with Crippen LogP contribution < -0.4 is 0 Å². The van der Waals surface area contributed by atoms with E-state index in [1.54, 1.807) is 5.56 Å². The van der Waals surface area contributed by atoms with Crippen LogP contribution >= 0.6 is 0 Å². The van der Waals surface area contributed by atoms with E-state index in [0.29, 0.717) is 16.7 Å². The highest BCUT2D eigenvalue weighted by molar-refractivity contribution is 5.61. The summed E-state index contributed by atoms with van der Waals surface area (Å²) in [6.07, 6.45) is 26.6. The summed E-state index contributed by atoms with van der Waals surface area (Å²) in [6.45, 7) is 4.76. The zero-order chi connectivity index (χ0) is 26.6. The van der Waals surface area contributed by atoms with Gasteiger partial charge in [-0.25, -0.2) is 0 Å². The van der Waals surface area contributed by atoms with Crippen LogP contribution in [0.4, 0.5) is 0 Å². The SMILES string of the molecule is CC(C)c1cc(C23CC4CC(CC(C4)C2)C3)c(C23CC4CC(CC(C4)C2)C3)c(C23CC4CC(CC(C4)C2)C3)c1O. The summed E-state index contributed by atoms with van der Waals surface area (Å²) in [5.74, 6) is 9.85. The van der Waals surface area contributed by atoms with Gasteiger partial charge >= 0.3 is 0 Å². The van der Waals surface area contributed by atoms with Crippen LogP contribution in [0, 0.1) is 53.3 Å². The Balaban J connectivity index is 1.26. The average Bonchev–Trinajstić information content (AvgIpc) is 2.85. The highest BCUT2D eigenvalue weighted by atomic mass is 16.3. The molecule has 13 rings (SSSR count). The molecule has 0 aromatic heterocycles. The van der Waals surface area contributed by atoms with E-state index in [4.69, 9.17) is 0 Å². The minimum atomic E-state index is 0.277. The van der Waals surface area contributed by atoms with E-state index < -0.39 is 0 Å². The van der Waals surface area contributed by atoms with Gasteiger partial charge in [0.15, 0.2) is 0 Å². The fourth-order valence-corrected chi connectivity index (χ4v) is 15.9. The molecule has 0 unspecified atom stereocenters. The molecule has 0 spiro atoms. The van der Waals surface area contributed by atoms with Crippen LogP contribution in [-0.2, 0) is 16.2 Å².